The lowest BCUT2D eigenvalue weighted by Gasteiger charge is -2.30. The highest BCUT2D eigenvalue weighted by atomic mass is 19.4. The monoisotopic (exact) mass is 468 g/mol. The van der Waals surface area contributed by atoms with Crippen LogP contribution >= 0.6 is 0 Å². The van der Waals surface area contributed by atoms with Crippen LogP contribution in [0.15, 0.2) is 18.3 Å². The molecule has 12 heteroatoms. The summed E-state index contributed by atoms with van der Waals surface area (Å²) in [6.45, 7) is 2.15. The zero-order valence-corrected chi connectivity index (χ0v) is 18.2. The number of aromatic nitrogens is 1. The Labute approximate surface area is 189 Å². The van der Waals surface area contributed by atoms with Crippen molar-refractivity contribution in [3.63, 3.8) is 0 Å². The van der Waals surface area contributed by atoms with E-state index in [-0.39, 0.29) is 6.54 Å². The van der Waals surface area contributed by atoms with Gasteiger partial charge in [-0.3, -0.25) is 19.9 Å². The fourth-order valence-corrected chi connectivity index (χ4v) is 4.68. The van der Waals surface area contributed by atoms with Crippen LogP contribution in [0.5, 0.6) is 0 Å². The molecular weight excluding hydrogens is 441 g/mol. The van der Waals surface area contributed by atoms with E-state index < -0.39 is 35.1 Å². The minimum atomic E-state index is -4.43. The Balaban J connectivity index is 1.30. The number of carbonyl (C=O) groups excluding carboxylic acids is 3. The van der Waals surface area contributed by atoms with E-state index in [9.17, 15) is 27.6 Å². The van der Waals surface area contributed by atoms with Gasteiger partial charge in [-0.15, -0.1) is 0 Å². The van der Waals surface area contributed by atoms with Crippen molar-refractivity contribution < 1.29 is 27.6 Å². The van der Waals surface area contributed by atoms with Gasteiger partial charge in [0.15, 0.2) is 0 Å². The molecule has 2 saturated heterocycles. The van der Waals surface area contributed by atoms with Gasteiger partial charge in [-0.05, 0) is 31.4 Å². The Morgan fingerprint density at radius 2 is 1.82 bits per heavy atom. The first-order valence-electron chi connectivity index (χ1n) is 11.1. The fraction of sp³-hybridized carbons (Fsp3) is 0.619. The van der Waals surface area contributed by atoms with Gasteiger partial charge in [-0.1, -0.05) is 19.3 Å². The number of pyridine rings is 1. The van der Waals surface area contributed by atoms with E-state index in [0.29, 0.717) is 51.3 Å². The van der Waals surface area contributed by atoms with E-state index in [0.717, 1.165) is 36.5 Å². The van der Waals surface area contributed by atoms with Gasteiger partial charge in [0.2, 0.25) is 0 Å². The van der Waals surface area contributed by atoms with Crippen LogP contribution in [-0.2, 0) is 15.8 Å². The van der Waals surface area contributed by atoms with Crippen molar-refractivity contribution in [1.29, 1.82) is 0 Å². The van der Waals surface area contributed by atoms with Gasteiger partial charge in [0.25, 0.3) is 11.8 Å². The van der Waals surface area contributed by atoms with E-state index >= 15 is 0 Å². The summed E-state index contributed by atoms with van der Waals surface area (Å²) in [4.78, 5) is 45.4. The lowest BCUT2D eigenvalue weighted by molar-refractivity contribution is -0.140. The second-order valence-corrected chi connectivity index (χ2v) is 8.77. The number of nitrogens with one attached hydrogen (secondary N) is 2. The van der Waals surface area contributed by atoms with E-state index in [1.165, 1.54) is 6.07 Å². The number of halogens is 3. The van der Waals surface area contributed by atoms with Crippen molar-refractivity contribution in [2.75, 3.05) is 37.6 Å². The number of urea groups is 1. The quantitative estimate of drug-likeness (QED) is 0.656. The number of hydrogen-bond donors (Lipinski definition) is 2. The Morgan fingerprint density at radius 3 is 2.48 bits per heavy atom. The highest BCUT2D eigenvalue weighted by Crippen LogP contribution is 2.33. The number of carbonyl (C=O) groups is 3. The number of hydrazine groups is 1. The summed E-state index contributed by atoms with van der Waals surface area (Å²) in [5, 5.41) is 3.55. The summed E-state index contributed by atoms with van der Waals surface area (Å²) in [6, 6.07) is 1.75. The molecule has 0 aromatic carbocycles. The first-order chi connectivity index (χ1) is 15.7. The number of amides is 4. The molecule has 180 valence electrons. The molecule has 4 amide bonds. The summed E-state index contributed by atoms with van der Waals surface area (Å²) in [5.74, 6) is -0.421. The third-order valence-electron chi connectivity index (χ3n) is 6.46. The van der Waals surface area contributed by atoms with Crippen molar-refractivity contribution in [2.45, 2.75) is 50.2 Å². The Bertz CT molecular complexity index is 902. The second-order valence-electron chi connectivity index (χ2n) is 8.77. The number of alkyl halides is 3. The highest BCUT2D eigenvalue weighted by Gasteiger charge is 2.52. The molecule has 9 nitrogen and oxygen atoms in total. The van der Waals surface area contributed by atoms with E-state index in [1.54, 1.807) is 0 Å². The zero-order chi connectivity index (χ0) is 23.6. The van der Waals surface area contributed by atoms with Crippen molar-refractivity contribution in [3.05, 3.63) is 23.9 Å². The van der Waals surface area contributed by atoms with Crippen molar-refractivity contribution in [2.24, 2.45) is 0 Å². The largest absolute Gasteiger partial charge is 0.417 e. The smallest absolute Gasteiger partial charge is 0.355 e. The van der Waals surface area contributed by atoms with Gasteiger partial charge in [-0.25, -0.2) is 9.78 Å². The van der Waals surface area contributed by atoms with E-state index in [2.05, 4.69) is 15.7 Å². The number of rotatable bonds is 4. The third kappa shape index (κ3) is 5.05. The maximum Gasteiger partial charge on any atom is 0.417 e. The van der Waals surface area contributed by atoms with E-state index in [1.807, 2.05) is 9.80 Å². The van der Waals surface area contributed by atoms with Crippen LogP contribution in [0.1, 0.15) is 44.1 Å². The first kappa shape index (κ1) is 23.3. The van der Waals surface area contributed by atoms with Gasteiger partial charge >= 0.3 is 12.2 Å². The van der Waals surface area contributed by atoms with Gasteiger partial charge in [0.1, 0.15) is 11.4 Å². The van der Waals surface area contributed by atoms with Crippen molar-refractivity contribution in [1.82, 2.24) is 25.6 Å². The number of anilines is 1. The Hall–Kier alpha value is -2.89. The summed E-state index contributed by atoms with van der Waals surface area (Å²) in [6.07, 6.45) is 0.945. The molecule has 0 bridgehead atoms. The molecule has 3 fully saturated rings. The third-order valence-corrected chi connectivity index (χ3v) is 6.46. The molecule has 1 aliphatic carbocycles. The summed E-state index contributed by atoms with van der Waals surface area (Å²) in [7, 11) is 0. The summed E-state index contributed by atoms with van der Waals surface area (Å²) in [5.41, 5.74) is 0.741. The lowest BCUT2D eigenvalue weighted by Crippen LogP contribution is -2.52. The van der Waals surface area contributed by atoms with Crippen LogP contribution < -0.4 is 15.6 Å². The molecule has 0 atom stereocenters. The van der Waals surface area contributed by atoms with Crippen LogP contribution in [-0.4, -0.2) is 71.0 Å². The summed E-state index contributed by atoms with van der Waals surface area (Å²) >= 11 is 0. The van der Waals surface area contributed by atoms with Gasteiger partial charge < -0.3 is 10.2 Å². The molecule has 3 heterocycles. The molecule has 3 aliphatic rings. The SMILES string of the molecule is O=C(CN1CCCN(c2ccc(C(F)(F)F)cn2)CC1)NN1C(=O)NC2(CCCCC2)C1=O. The maximum absolute atomic E-state index is 12.8. The van der Waals surface area contributed by atoms with Gasteiger partial charge in [-0.2, -0.15) is 18.2 Å². The van der Waals surface area contributed by atoms with Gasteiger partial charge in [0.05, 0.1) is 12.1 Å². The van der Waals surface area contributed by atoms with Crippen LogP contribution in [0, 0.1) is 0 Å². The van der Waals surface area contributed by atoms with E-state index in [4.69, 9.17) is 0 Å². The topological polar surface area (TPSA) is 97.9 Å². The Morgan fingerprint density at radius 1 is 1.06 bits per heavy atom. The van der Waals surface area contributed by atoms with Gasteiger partial charge in [0, 0.05) is 32.4 Å². The number of hydrogen-bond acceptors (Lipinski definition) is 6. The molecule has 4 rings (SSSR count). The van der Waals surface area contributed by atoms with Crippen LogP contribution in [0.2, 0.25) is 0 Å². The average molecular weight is 468 g/mol. The molecule has 33 heavy (non-hydrogen) atoms. The van der Waals surface area contributed by atoms with Crippen LogP contribution in [0.4, 0.5) is 23.8 Å². The fourth-order valence-electron chi connectivity index (χ4n) is 4.68. The first-order valence-corrected chi connectivity index (χ1v) is 11.1. The predicted octanol–water partition coefficient (Wildman–Crippen LogP) is 1.90. The average Bonchev–Trinajstić information content (AvgIpc) is 2.93. The highest BCUT2D eigenvalue weighted by molar-refractivity contribution is 6.08. The predicted molar refractivity (Wildman–Crippen MR) is 112 cm³/mol. The second kappa shape index (κ2) is 9.16. The number of nitrogens with zero attached hydrogens (tertiary/aromatic N) is 4. The molecule has 2 aliphatic heterocycles. The normalized spacial score (nSPS) is 21.8. The summed E-state index contributed by atoms with van der Waals surface area (Å²) < 4.78 is 38.3. The Kier molecular flexibility index (Phi) is 6.46. The molecule has 2 N–H and O–H groups in total. The standard InChI is InChI=1S/C21H27F3N6O3/c22-21(23,24)15-5-6-16(25-13-15)29-10-4-9-28(11-12-29)14-17(31)27-30-18(32)20(26-19(30)33)7-2-1-3-8-20/h5-6,13H,1-4,7-12,14H2,(H,26,33)(H,27,31). The zero-order valence-electron chi connectivity index (χ0n) is 18.2. The van der Waals surface area contributed by atoms with Crippen molar-refractivity contribution in [3.8, 4) is 0 Å². The number of imide groups is 1. The molecule has 1 aromatic heterocycles. The minimum absolute atomic E-state index is 0.00165. The van der Waals surface area contributed by atoms with Crippen LogP contribution in [0.25, 0.3) is 0 Å². The van der Waals surface area contributed by atoms with Crippen LogP contribution in [0.3, 0.4) is 0 Å². The molecule has 0 radical (unpaired) electrons. The minimum Gasteiger partial charge on any atom is -0.355 e. The van der Waals surface area contributed by atoms with Crippen molar-refractivity contribution >= 4 is 23.7 Å². The lowest BCUT2D eigenvalue weighted by atomic mass is 9.82. The molecule has 1 aromatic rings. The molecule has 1 saturated carbocycles. The molecule has 1 spiro atoms. The molecule has 0 unspecified atom stereocenters. The molecular formula is C21H27F3N6O3. The maximum atomic E-state index is 12.8.